The molecule has 0 saturated heterocycles. The molecule has 0 atom stereocenters. The first-order chi connectivity index (χ1) is 6.90. The second kappa shape index (κ2) is 4.30. The highest BCUT2D eigenvalue weighted by Gasteiger charge is 2.12. The van der Waals surface area contributed by atoms with Gasteiger partial charge in [-0.2, -0.15) is 10.4 Å². The number of aromatic nitrogens is 2. The van der Waals surface area contributed by atoms with Gasteiger partial charge < -0.3 is 0 Å². The van der Waals surface area contributed by atoms with E-state index in [0.717, 1.165) is 5.88 Å². The first-order valence-electron chi connectivity index (χ1n) is 3.71. The van der Waals surface area contributed by atoms with E-state index in [1.54, 1.807) is 27.9 Å². The van der Waals surface area contributed by atoms with E-state index < -0.39 is 0 Å². The summed E-state index contributed by atoms with van der Waals surface area (Å²) in [7, 11) is 0. The van der Waals surface area contributed by atoms with Gasteiger partial charge in [0.15, 0.2) is 10.7 Å². The van der Waals surface area contributed by atoms with Gasteiger partial charge in [0.05, 0.1) is 11.4 Å². The van der Waals surface area contributed by atoms with Gasteiger partial charge in [-0.1, -0.05) is 11.8 Å². The summed E-state index contributed by atoms with van der Waals surface area (Å²) in [6.45, 7) is 0. The highest BCUT2D eigenvalue weighted by atomic mass is 32.2. The smallest absolute Gasteiger partial charge is 0.174 e. The predicted octanol–water partition coefficient (Wildman–Crippen LogP) is 1.30. The second-order valence-corrected chi connectivity index (χ2v) is 4.08. The van der Waals surface area contributed by atoms with E-state index in [2.05, 4.69) is 15.1 Å². The van der Waals surface area contributed by atoms with Crippen LogP contribution in [-0.2, 0) is 0 Å². The van der Waals surface area contributed by atoms with E-state index in [9.17, 15) is 0 Å². The average Bonchev–Trinajstić information content (AvgIpc) is 2.71. The Morgan fingerprint density at radius 2 is 2.36 bits per heavy atom. The summed E-state index contributed by atoms with van der Waals surface area (Å²) in [4.78, 5) is 7.98. The molecule has 70 valence electrons. The average molecular weight is 223 g/mol. The van der Waals surface area contributed by atoms with Crippen molar-refractivity contribution in [2.45, 2.75) is 5.03 Å². The summed E-state index contributed by atoms with van der Waals surface area (Å²) in [5.74, 6) is 0.770. The number of hydrogen-bond acceptors (Lipinski definition) is 7. The standard InChI is InChI=1S/C7H5N5S2/c8-3-6-7(10-2-1-9-6)14-12-5-13-4-11-12/h1-2,4H,5H2. The van der Waals surface area contributed by atoms with Crippen molar-refractivity contribution in [2.24, 2.45) is 5.10 Å². The van der Waals surface area contributed by atoms with Gasteiger partial charge in [0.2, 0.25) is 0 Å². The van der Waals surface area contributed by atoms with E-state index in [-0.39, 0.29) is 0 Å². The molecule has 7 heteroatoms. The zero-order valence-corrected chi connectivity index (χ0v) is 8.62. The molecule has 1 aromatic heterocycles. The lowest BCUT2D eigenvalue weighted by Crippen LogP contribution is -2.03. The summed E-state index contributed by atoms with van der Waals surface area (Å²) in [6, 6.07) is 1.99. The van der Waals surface area contributed by atoms with E-state index in [1.807, 2.05) is 6.07 Å². The summed E-state index contributed by atoms with van der Waals surface area (Å²) in [5.41, 5.74) is 2.10. The van der Waals surface area contributed by atoms with Crippen molar-refractivity contribution in [1.29, 1.82) is 5.26 Å². The number of hydrogen-bond donors (Lipinski definition) is 0. The van der Waals surface area contributed by atoms with Crippen molar-refractivity contribution < 1.29 is 0 Å². The van der Waals surface area contributed by atoms with Gasteiger partial charge in [0.25, 0.3) is 0 Å². The van der Waals surface area contributed by atoms with E-state index >= 15 is 0 Å². The van der Waals surface area contributed by atoms with Crippen LogP contribution in [0.4, 0.5) is 0 Å². The lowest BCUT2D eigenvalue weighted by atomic mass is 10.5. The van der Waals surface area contributed by atoms with E-state index in [4.69, 9.17) is 5.26 Å². The Hall–Kier alpha value is -1.26. The van der Waals surface area contributed by atoms with Gasteiger partial charge >= 0.3 is 0 Å². The molecule has 1 aliphatic heterocycles. The van der Waals surface area contributed by atoms with Crippen LogP contribution in [0.3, 0.4) is 0 Å². The SMILES string of the molecule is N#Cc1nccnc1SN1CSC=N1. The molecule has 0 saturated carbocycles. The van der Waals surface area contributed by atoms with Gasteiger partial charge in [-0.15, -0.1) is 0 Å². The molecule has 14 heavy (non-hydrogen) atoms. The minimum absolute atomic E-state index is 0.338. The van der Waals surface area contributed by atoms with Crippen molar-refractivity contribution >= 4 is 29.3 Å². The van der Waals surface area contributed by atoms with Gasteiger partial charge in [0, 0.05) is 24.3 Å². The first kappa shape index (κ1) is 9.30. The summed E-state index contributed by atoms with van der Waals surface area (Å²) in [5, 5.41) is 13.4. The fraction of sp³-hybridized carbons (Fsp3) is 0.143. The van der Waals surface area contributed by atoms with Gasteiger partial charge in [-0.3, -0.25) is 0 Å². The highest BCUT2D eigenvalue weighted by molar-refractivity contribution is 8.13. The van der Waals surface area contributed by atoms with Crippen LogP contribution < -0.4 is 0 Å². The Kier molecular flexibility index (Phi) is 2.86. The van der Waals surface area contributed by atoms with Crippen LogP contribution in [-0.4, -0.2) is 25.8 Å². The molecule has 0 N–H and O–H groups in total. The second-order valence-electron chi connectivity index (χ2n) is 2.28. The van der Waals surface area contributed by atoms with Gasteiger partial charge in [-0.25, -0.2) is 14.4 Å². The first-order valence-corrected chi connectivity index (χ1v) is 5.53. The summed E-state index contributed by atoms with van der Waals surface area (Å²) in [6.07, 6.45) is 3.07. The lowest BCUT2D eigenvalue weighted by molar-refractivity contribution is 0.605. The molecule has 0 bridgehead atoms. The third kappa shape index (κ3) is 1.97. The lowest BCUT2D eigenvalue weighted by Gasteiger charge is -2.09. The van der Waals surface area contributed by atoms with Crippen LogP contribution in [0.15, 0.2) is 22.5 Å². The van der Waals surface area contributed by atoms with Crippen molar-refractivity contribution in [1.82, 2.24) is 14.4 Å². The zero-order chi connectivity index (χ0) is 9.80. The van der Waals surface area contributed by atoms with Gasteiger partial charge in [0.1, 0.15) is 6.07 Å². The molecule has 0 unspecified atom stereocenters. The largest absolute Gasteiger partial charge is 0.243 e. The monoisotopic (exact) mass is 223 g/mol. The fourth-order valence-electron chi connectivity index (χ4n) is 0.835. The Bertz CT molecular complexity index is 399. The molecule has 1 aromatic rings. The van der Waals surface area contributed by atoms with Crippen LogP contribution >= 0.6 is 23.7 Å². The summed E-state index contributed by atoms with van der Waals surface area (Å²) < 4.78 is 1.76. The van der Waals surface area contributed by atoms with Crippen molar-refractivity contribution in [3.05, 3.63) is 18.1 Å². The molecule has 0 spiro atoms. The van der Waals surface area contributed by atoms with Crippen LogP contribution in [0.25, 0.3) is 0 Å². The number of thioether (sulfide) groups is 1. The van der Waals surface area contributed by atoms with Gasteiger partial charge in [-0.05, 0) is 0 Å². The topological polar surface area (TPSA) is 65.2 Å². The molecule has 0 fully saturated rings. The van der Waals surface area contributed by atoms with Crippen molar-refractivity contribution in [3.8, 4) is 6.07 Å². The molecular weight excluding hydrogens is 218 g/mol. The Labute approximate surface area is 89.4 Å². The van der Waals surface area contributed by atoms with Crippen molar-refractivity contribution in [3.63, 3.8) is 0 Å². The Morgan fingerprint density at radius 1 is 1.50 bits per heavy atom. The maximum Gasteiger partial charge on any atom is 0.174 e. The molecular formula is C7H5N5S2. The van der Waals surface area contributed by atoms with Crippen LogP contribution in [0.1, 0.15) is 5.69 Å². The third-order valence-electron chi connectivity index (χ3n) is 1.40. The third-order valence-corrected chi connectivity index (χ3v) is 3.10. The predicted molar refractivity (Wildman–Crippen MR) is 55.4 cm³/mol. The molecule has 0 amide bonds. The molecule has 0 aromatic carbocycles. The van der Waals surface area contributed by atoms with Crippen molar-refractivity contribution in [2.75, 3.05) is 5.88 Å². The van der Waals surface area contributed by atoms with Crippen LogP contribution in [0.2, 0.25) is 0 Å². The molecule has 2 heterocycles. The van der Waals surface area contributed by atoms with E-state index in [0.29, 0.717) is 10.7 Å². The van der Waals surface area contributed by atoms with Crippen LogP contribution in [0.5, 0.6) is 0 Å². The Morgan fingerprint density at radius 3 is 3.07 bits per heavy atom. The molecule has 2 rings (SSSR count). The number of rotatable bonds is 2. The molecule has 0 aliphatic carbocycles. The van der Waals surface area contributed by atoms with Crippen LogP contribution in [0, 0.1) is 11.3 Å². The Balaban J connectivity index is 2.16. The normalized spacial score (nSPS) is 14.4. The maximum atomic E-state index is 8.76. The molecule has 5 nitrogen and oxygen atoms in total. The maximum absolute atomic E-state index is 8.76. The minimum atomic E-state index is 0.338. The number of nitrogens with zero attached hydrogens (tertiary/aromatic N) is 5. The summed E-state index contributed by atoms with van der Waals surface area (Å²) >= 11 is 2.92. The number of nitriles is 1. The molecule has 0 radical (unpaired) electrons. The quantitative estimate of drug-likeness (QED) is 0.704. The highest BCUT2D eigenvalue weighted by Crippen LogP contribution is 2.27. The molecule has 1 aliphatic rings. The number of hydrazone groups is 1. The zero-order valence-electron chi connectivity index (χ0n) is 6.99. The fourth-order valence-corrected chi connectivity index (χ4v) is 2.32. The minimum Gasteiger partial charge on any atom is -0.243 e. The van der Waals surface area contributed by atoms with E-state index in [1.165, 1.54) is 18.1 Å².